The first-order valence-corrected chi connectivity index (χ1v) is 15.0. The number of amides is 1. The highest BCUT2D eigenvalue weighted by molar-refractivity contribution is 6.30. The number of nitrogens with zero attached hydrogens (tertiary/aromatic N) is 3. The van der Waals surface area contributed by atoms with Crippen LogP contribution in [0.2, 0.25) is 5.02 Å². The number of halogens is 1. The van der Waals surface area contributed by atoms with Gasteiger partial charge >= 0.3 is 0 Å². The number of ether oxygens (including phenoxy) is 2. The van der Waals surface area contributed by atoms with Crippen molar-refractivity contribution in [3.05, 3.63) is 130 Å². The third-order valence-electron chi connectivity index (χ3n) is 7.29. The molecule has 1 saturated heterocycles. The fourth-order valence-corrected chi connectivity index (χ4v) is 5.06. The maximum absolute atomic E-state index is 12.7. The SMILES string of the molecule is CCOc1cc(/C=N\NC(=O)c2ccc(CN3CCN(Cc4ccccc4)CC3)cc2)ccc1OCc1ccc(Cl)cc1. The molecule has 1 aliphatic rings. The molecule has 0 radical (unpaired) electrons. The summed E-state index contributed by atoms with van der Waals surface area (Å²) in [6.07, 6.45) is 1.59. The molecule has 0 spiro atoms. The monoisotopic (exact) mass is 596 g/mol. The van der Waals surface area contributed by atoms with Crippen LogP contribution in [0.1, 0.15) is 39.5 Å². The van der Waals surface area contributed by atoms with Crippen LogP contribution in [0.5, 0.6) is 11.5 Å². The highest BCUT2D eigenvalue weighted by Crippen LogP contribution is 2.29. The fraction of sp³-hybridized carbons (Fsp3) is 0.257. The lowest BCUT2D eigenvalue weighted by Gasteiger charge is -2.34. The van der Waals surface area contributed by atoms with E-state index >= 15 is 0 Å². The molecule has 1 amide bonds. The number of hydrazone groups is 1. The molecule has 7 nitrogen and oxygen atoms in total. The zero-order valence-corrected chi connectivity index (χ0v) is 25.2. The van der Waals surface area contributed by atoms with Gasteiger partial charge in [-0.25, -0.2) is 5.43 Å². The number of nitrogens with one attached hydrogen (secondary N) is 1. The Morgan fingerprint density at radius 3 is 2.07 bits per heavy atom. The predicted octanol–water partition coefficient (Wildman–Crippen LogP) is 6.40. The van der Waals surface area contributed by atoms with Crippen molar-refractivity contribution in [1.82, 2.24) is 15.2 Å². The Morgan fingerprint density at radius 2 is 1.42 bits per heavy atom. The molecule has 8 heteroatoms. The van der Waals surface area contributed by atoms with Crippen molar-refractivity contribution in [3.63, 3.8) is 0 Å². The maximum atomic E-state index is 12.7. The second-order valence-electron chi connectivity index (χ2n) is 10.5. The van der Waals surface area contributed by atoms with E-state index in [-0.39, 0.29) is 5.91 Å². The van der Waals surface area contributed by atoms with Gasteiger partial charge < -0.3 is 9.47 Å². The lowest BCUT2D eigenvalue weighted by molar-refractivity contribution is 0.0955. The van der Waals surface area contributed by atoms with E-state index in [2.05, 4.69) is 50.7 Å². The number of carbonyl (C=O) groups excluding carboxylic acids is 1. The Bertz CT molecular complexity index is 1490. The van der Waals surface area contributed by atoms with Gasteiger partial charge in [-0.05, 0) is 71.6 Å². The molecule has 5 rings (SSSR count). The molecule has 0 saturated carbocycles. The van der Waals surface area contributed by atoms with Crippen LogP contribution in [0.4, 0.5) is 0 Å². The highest BCUT2D eigenvalue weighted by Gasteiger charge is 2.17. The minimum atomic E-state index is -0.259. The number of hydrogen-bond acceptors (Lipinski definition) is 6. The summed E-state index contributed by atoms with van der Waals surface area (Å²) in [7, 11) is 0. The standard InChI is InChI=1S/C35H37ClN4O3/c1-2-42-34-22-30(12-17-33(34)43-26-29-10-15-32(36)16-11-29)23-37-38-35(41)31-13-8-28(9-14-31)25-40-20-18-39(19-21-40)24-27-6-4-3-5-7-27/h3-17,22-23H,2,18-21,24-26H2,1H3,(H,38,41)/b37-23-. The average molecular weight is 597 g/mol. The first-order valence-electron chi connectivity index (χ1n) is 14.6. The summed E-state index contributed by atoms with van der Waals surface area (Å²) in [6, 6.07) is 31.4. The van der Waals surface area contributed by atoms with Gasteiger partial charge in [-0.2, -0.15) is 5.10 Å². The molecule has 43 heavy (non-hydrogen) atoms. The summed E-state index contributed by atoms with van der Waals surface area (Å²) >= 11 is 5.97. The summed E-state index contributed by atoms with van der Waals surface area (Å²) in [5.74, 6) is 0.984. The molecule has 0 unspecified atom stereocenters. The summed E-state index contributed by atoms with van der Waals surface area (Å²) in [5, 5.41) is 4.84. The molecular weight excluding hydrogens is 560 g/mol. The Kier molecular flexibility index (Phi) is 10.8. The largest absolute Gasteiger partial charge is 0.490 e. The van der Waals surface area contributed by atoms with Crippen LogP contribution in [-0.2, 0) is 19.7 Å². The van der Waals surface area contributed by atoms with Crippen molar-refractivity contribution < 1.29 is 14.3 Å². The van der Waals surface area contributed by atoms with Crippen molar-refractivity contribution >= 4 is 23.7 Å². The van der Waals surface area contributed by atoms with E-state index in [1.54, 1.807) is 6.21 Å². The van der Waals surface area contributed by atoms with Crippen molar-refractivity contribution in [2.45, 2.75) is 26.6 Å². The van der Waals surface area contributed by atoms with Crippen LogP contribution in [-0.4, -0.2) is 54.7 Å². The molecule has 0 atom stereocenters. The minimum Gasteiger partial charge on any atom is -0.490 e. The molecule has 4 aromatic carbocycles. The number of piperazine rings is 1. The van der Waals surface area contributed by atoms with Gasteiger partial charge in [-0.3, -0.25) is 14.6 Å². The van der Waals surface area contributed by atoms with E-state index in [0.29, 0.717) is 35.3 Å². The molecule has 0 aromatic heterocycles. The Balaban J connectivity index is 1.08. The Labute approximate surface area is 258 Å². The first-order chi connectivity index (χ1) is 21.1. The lowest BCUT2D eigenvalue weighted by atomic mass is 10.1. The normalized spacial score (nSPS) is 14.1. The van der Waals surface area contributed by atoms with Crippen LogP contribution < -0.4 is 14.9 Å². The smallest absolute Gasteiger partial charge is 0.271 e. The van der Waals surface area contributed by atoms with Crippen molar-refractivity contribution in [1.29, 1.82) is 0 Å². The van der Waals surface area contributed by atoms with Crippen LogP contribution in [0.15, 0.2) is 102 Å². The van der Waals surface area contributed by atoms with Crippen molar-refractivity contribution in [2.24, 2.45) is 5.10 Å². The Morgan fingerprint density at radius 1 is 0.791 bits per heavy atom. The van der Waals surface area contributed by atoms with Gasteiger partial charge in [0, 0.05) is 49.9 Å². The quantitative estimate of drug-likeness (QED) is 0.151. The number of carbonyl (C=O) groups is 1. The van der Waals surface area contributed by atoms with Gasteiger partial charge in [0.15, 0.2) is 11.5 Å². The minimum absolute atomic E-state index is 0.259. The van der Waals surface area contributed by atoms with Crippen LogP contribution in [0.25, 0.3) is 0 Å². The summed E-state index contributed by atoms with van der Waals surface area (Å²) in [6.45, 7) is 8.86. The molecule has 4 aromatic rings. The molecule has 222 valence electrons. The molecule has 0 bridgehead atoms. The van der Waals surface area contributed by atoms with Crippen molar-refractivity contribution in [2.75, 3.05) is 32.8 Å². The summed E-state index contributed by atoms with van der Waals surface area (Å²) < 4.78 is 11.7. The fourth-order valence-electron chi connectivity index (χ4n) is 4.93. The molecule has 0 aliphatic carbocycles. The van der Waals surface area contributed by atoms with Crippen LogP contribution >= 0.6 is 11.6 Å². The average Bonchev–Trinajstić information content (AvgIpc) is 3.03. The number of benzene rings is 4. The van der Waals surface area contributed by atoms with Crippen LogP contribution in [0, 0.1) is 0 Å². The predicted molar refractivity (Wildman–Crippen MR) is 172 cm³/mol. The van der Waals surface area contributed by atoms with E-state index in [9.17, 15) is 4.79 Å². The van der Waals surface area contributed by atoms with Gasteiger partial charge in [-0.1, -0.05) is 66.2 Å². The van der Waals surface area contributed by atoms with Gasteiger partial charge in [0.2, 0.25) is 0 Å². The molecule has 1 fully saturated rings. The van der Waals surface area contributed by atoms with Crippen molar-refractivity contribution in [3.8, 4) is 11.5 Å². The molecule has 1 aliphatic heterocycles. The van der Waals surface area contributed by atoms with E-state index in [0.717, 1.165) is 50.4 Å². The molecule has 1 N–H and O–H groups in total. The van der Waals surface area contributed by atoms with Gasteiger partial charge in [0.25, 0.3) is 5.91 Å². The third-order valence-corrected chi connectivity index (χ3v) is 7.54. The summed E-state index contributed by atoms with van der Waals surface area (Å²) in [4.78, 5) is 17.7. The second kappa shape index (κ2) is 15.3. The van der Waals surface area contributed by atoms with E-state index in [1.807, 2.05) is 73.7 Å². The van der Waals surface area contributed by atoms with E-state index in [1.165, 1.54) is 11.1 Å². The van der Waals surface area contributed by atoms with Gasteiger partial charge in [0.05, 0.1) is 12.8 Å². The maximum Gasteiger partial charge on any atom is 0.271 e. The number of rotatable bonds is 12. The molecule has 1 heterocycles. The summed E-state index contributed by atoms with van der Waals surface area (Å²) in [5.41, 5.74) is 7.52. The first kappa shape index (κ1) is 30.3. The zero-order chi connectivity index (χ0) is 29.9. The zero-order valence-electron chi connectivity index (χ0n) is 24.4. The van der Waals surface area contributed by atoms with E-state index < -0.39 is 0 Å². The van der Waals surface area contributed by atoms with Gasteiger partial charge in [0.1, 0.15) is 6.61 Å². The van der Waals surface area contributed by atoms with E-state index in [4.69, 9.17) is 21.1 Å². The van der Waals surface area contributed by atoms with Gasteiger partial charge in [-0.15, -0.1) is 0 Å². The third kappa shape index (κ3) is 9.16. The molecular formula is C35H37ClN4O3. The lowest BCUT2D eigenvalue weighted by Crippen LogP contribution is -2.45. The van der Waals surface area contributed by atoms with Crippen LogP contribution in [0.3, 0.4) is 0 Å². The topological polar surface area (TPSA) is 66.4 Å². The Hall–Kier alpha value is -4.17. The number of hydrogen-bond donors (Lipinski definition) is 1. The highest BCUT2D eigenvalue weighted by atomic mass is 35.5. The second-order valence-corrected chi connectivity index (χ2v) is 10.9.